The summed E-state index contributed by atoms with van der Waals surface area (Å²) < 4.78 is 3.76. The molecule has 0 amide bonds. The van der Waals surface area contributed by atoms with Gasteiger partial charge in [-0.1, -0.05) is 11.6 Å². The molecule has 0 saturated carbocycles. The van der Waals surface area contributed by atoms with Gasteiger partial charge in [-0.2, -0.15) is 0 Å². The van der Waals surface area contributed by atoms with Crippen molar-refractivity contribution in [2.45, 2.75) is 0 Å². The smallest absolute Gasteiger partial charge is 0.180 e. The lowest BCUT2D eigenvalue weighted by atomic mass is 10.4. The summed E-state index contributed by atoms with van der Waals surface area (Å²) in [5.41, 5.74) is 0.633. The van der Waals surface area contributed by atoms with Gasteiger partial charge < -0.3 is 0 Å². The summed E-state index contributed by atoms with van der Waals surface area (Å²) >= 11 is 14.6. The van der Waals surface area contributed by atoms with Crippen molar-refractivity contribution in [3.8, 4) is 10.7 Å². The maximum Gasteiger partial charge on any atom is 0.180 e. The first kappa shape index (κ1) is 11.6. The fourth-order valence-corrected chi connectivity index (χ4v) is 3.66. The summed E-state index contributed by atoms with van der Waals surface area (Å²) in [4.78, 5) is 4.95. The van der Waals surface area contributed by atoms with E-state index in [1.165, 1.54) is 0 Å². The minimum atomic E-state index is 0.489. The van der Waals surface area contributed by atoms with Gasteiger partial charge in [-0.15, -0.1) is 21.5 Å². The Morgan fingerprint density at radius 2 is 2.06 bits per heavy atom. The van der Waals surface area contributed by atoms with E-state index in [0.29, 0.717) is 16.6 Å². The van der Waals surface area contributed by atoms with Crippen LogP contribution in [0.1, 0.15) is 0 Å². The molecule has 0 N–H and O–H groups in total. The number of halogens is 3. The number of thiophene rings is 1. The van der Waals surface area contributed by atoms with Crippen LogP contribution in [0.25, 0.3) is 16.3 Å². The Bertz CT molecular complexity index is 689. The topological polar surface area (TPSA) is 43.1 Å². The second-order valence-electron chi connectivity index (χ2n) is 3.18. The Hall–Kier alpha value is -0.500. The molecule has 3 aromatic heterocycles. The lowest BCUT2D eigenvalue weighted by molar-refractivity contribution is 1.12. The van der Waals surface area contributed by atoms with Crippen LogP contribution in [0.2, 0.25) is 5.15 Å². The molecule has 17 heavy (non-hydrogen) atoms. The van der Waals surface area contributed by atoms with Crippen LogP contribution in [-0.4, -0.2) is 19.6 Å². The minimum absolute atomic E-state index is 0.489. The molecule has 3 aromatic rings. The SMILES string of the molecule is Clc1cncc2nnc(-c3cc(Br)c(Br)s3)n12. The highest BCUT2D eigenvalue weighted by Gasteiger charge is 2.14. The predicted octanol–water partition coefficient (Wildman–Crippen LogP) is 4.03. The summed E-state index contributed by atoms with van der Waals surface area (Å²) in [5, 5.41) is 8.66. The molecule has 0 unspecified atom stereocenters. The van der Waals surface area contributed by atoms with Gasteiger partial charge in [-0.25, -0.2) is 0 Å². The van der Waals surface area contributed by atoms with Gasteiger partial charge in [-0.3, -0.25) is 9.38 Å². The molecule has 8 heteroatoms. The van der Waals surface area contributed by atoms with Crippen LogP contribution < -0.4 is 0 Å². The average molecular weight is 394 g/mol. The van der Waals surface area contributed by atoms with E-state index in [1.807, 2.05) is 6.07 Å². The van der Waals surface area contributed by atoms with Crippen LogP contribution in [0, 0.1) is 0 Å². The highest BCUT2D eigenvalue weighted by Crippen LogP contribution is 2.37. The molecule has 86 valence electrons. The molecule has 0 atom stereocenters. The standard InChI is InChI=1S/C9H3Br2ClN4S/c10-4-1-5(17-8(4)11)9-15-14-7-3-13-2-6(12)16(7)9/h1-3H. The van der Waals surface area contributed by atoms with E-state index in [-0.39, 0.29) is 0 Å². The number of aromatic nitrogens is 4. The highest BCUT2D eigenvalue weighted by atomic mass is 79.9. The van der Waals surface area contributed by atoms with Gasteiger partial charge in [-0.05, 0) is 37.9 Å². The van der Waals surface area contributed by atoms with E-state index >= 15 is 0 Å². The monoisotopic (exact) mass is 392 g/mol. The fourth-order valence-electron chi connectivity index (χ4n) is 1.43. The van der Waals surface area contributed by atoms with Crippen molar-refractivity contribution in [3.05, 3.63) is 31.9 Å². The molecule has 3 heterocycles. The summed E-state index contributed by atoms with van der Waals surface area (Å²) in [7, 11) is 0. The van der Waals surface area contributed by atoms with Gasteiger partial charge in [0.25, 0.3) is 0 Å². The Kier molecular flexibility index (Phi) is 2.94. The van der Waals surface area contributed by atoms with E-state index in [1.54, 1.807) is 28.1 Å². The summed E-state index contributed by atoms with van der Waals surface area (Å²) in [6.45, 7) is 0. The third kappa shape index (κ3) is 1.91. The average Bonchev–Trinajstić information content (AvgIpc) is 2.85. The van der Waals surface area contributed by atoms with Gasteiger partial charge in [0, 0.05) is 4.47 Å². The van der Waals surface area contributed by atoms with Crippen molar-refractivity contribution in [2.75, 3.05) is 0 Å². The van der Waals surface area contributed by atoms with E-state index in [9.17, 15) is 0 Å². The maximum atomic E-state index is 6.10. The van der Waals surface area contributed by atoms with Crippen molar-refractivity contribution in [2.24, 2.45) is 0 Å². The van der Waals surface area contributed by atoms with Gasteiger partial charge in [0.2, 0.25) is 0 Å². The number of hydrogen-bond donors (Lipinski definition) is 0. The minimum Gasteiger partial charge on any atom is -0.262 e. The first-order valence-electron chi connectivity index (χ1n) is 4.46. The van der Waals surface area contributed by atoms with Crippen LogP contribution in [0.5, 0.6) is 0 Å². The van der Waals surface area contributed by atoms with Crippen LogP contribution in [-0.2, 0) is 0 Å². The molecular formula is C9H3Br2ClN4S. The van der Waals surface area contributed by atoms with Gasteiger partial charge in [0.15, 0.2) is 11.5 Å². The van der Waals surface area contributed by atoms with Crippen molar-refractivity contribution < 1.29 is 0 Å². The Morgan fingerprint density at radius 3 is 2.76 bits per heavy atom. The van der Waals surface area contributed by atoms with E-state index in [4.69, 9.17) is 11.6 Å². The molecule has 0 aromatic carbocycles. The molecule has 0 bridgehead atoms. The lowest BCUT2D eigenvalue weighted by Crippen LogP contribution is -1.90. The first-order chi connectivity index (χ1) is 8.16. The van der Waals surface area contributed by atoms with Crippen LogP contribution in [0.3, 0.4) is 0 Å². The third-order valence-electron chi connectivity index (χ3n) is 2.14. The molecule has 0 radical (unpaired) electrons. The Balaban J connectivity index is 2.31. The fraction of sp³-hybridized carbons (Fsp3) is 0. The van der Waals surface area contributed by atoms with Crippen molar-refractivity contribution in [1.29, 1.82) is 0 Å². The molecule has 0 aliphatic rings. The summed E-state index contributed by atoms with van der Waals surface area (Å²) in [6.07, 6.45) is 3.19. The van der Waals surface area contributed by atoms with Crippen LogP contribution in [0.4, 0.5) is 0 Å². The van der Waals surface area contributed by atoms with Crippen molar-refractivity contribution >= 4 is 60.4 Å². The zero-order valence-corrected chi connectivity index (χ0v) is 12.8. The van der Waals surface area contributed by atoms with E-state index in [0.717, 1.165) is 13.1 Å². The molecule has 0 fully saturated rings. The summed E-state index contributed by atoms with van der Waals surface area (Å²) in [5.74, 6) is 0.712. The highest BCUT2D eigenvalue weighted by molar-refractivity contribution is 9.13. The summed E-state index contributed by atoms with van der Waals surface area (Å²) in [6, 6.07) is 1.97. The number of nitrogens with zero attached hydrogens (tertiary/aromatic N) is 4. The molecule has 3 rings (SSSR count). The second kappa shape index (κ2) is 4.31. The predicted molar refractivity (Wildman–Crippen MR) is 74.5 cm³/mol. The third-order valence-corrected chi connectivity index (χ3v) is 5.66. The van der Waals surface area contributed by atoms with Gasteiger partial charge in [0.1, 0.15) is 5.15 Å². The largest absolute Gasteiger partial charge is 0.262 e. The second-order valence-corrected chi connectivity index (χ2v) is 6.79. The zero-order chi connectivity index (χ0) is 12.0. The molecule has 4 nitrogen and oxygen atoms in total. The van der Waals surface area contributed by atoms with Crippen molar-refractivity contribution in [1.82, 2.24) is 19.6 Å². The lowest BCUT2D eigenvalue weighted by Gasteiger charge is -1.98. The Labute approximate surface area is 122 Å². The van der Waals surface area contributed by atoms with E-state index < -0.39 is 0 Å². The number of rotatable bonds is 1. The number of hydrogen-bond acceptors (Lipinski definition) is 4. The van der Waals surface area contributed by atoms with Crippen LogP contribution in [0.15, 0.2) is 26.7 Å². The van der Waals surface area contributed by atoms with Gasteiger partial charge in [0.05, 0.1) is 21.1 Å². The van der Waals surface area contributed by atoms with Gasteiger partial charge >= 0.3 is 0 Å². The van der Waals surface area contributed by atoms with Crippen LogP contribution >= 0.6 is 54.8 Å². The number of fused-ring (bicyclic) bond motifs is 1. The van der Waals surface area contributed by atoms with Crippen molar-refractivity contribution in [3.63, 3.8) is 0 Å². The zero-order valence-electron chi connectivity index (χ0n) is 8.06. The molecule has 0 aliphatic carbocycles. The molecule has 0 aliphatic heterocycles. The normalized spacial score (nSPS) is 11.2. The van der Waals surface area contributed by atoms with E-state index in [2.05, 4.69) is 47.0 Å². The molecule has 0 spiro atoms. The maximum absolute atomic E-state index is 6.10. The molecular weight excluding hydrogens is 391 g/mol. The Morgan fingerprint density at radius 1 is 1.24 bits per heavy atom. The quantitative estimate of drug-likeness (QED) is 0.626. The molecule has 0 saturated heterocycles. The first-order valence-corrected chi connectivity index (χ1v) is 7.24.